The number of ether oxygens (including phenoxy) is 2. The number of aryl methyl sites for hydroxylation is 1. The smallest absolute Gasteiger partial charge is 0.228 e. The molecule has 156 valence electrons. The zero-order chi connectivity index (χ0) is 21.1. The molecule has 0 saturated carbocycles. The molecule has 1 aliphatic rings. The normalized spacial score (nSPS) is 13.7. The second kappa shape index (κ2) is 8.57. The molecule has 7 nitrogen and oxygen atoms in total. The minimum atomic E-state index is 0.0287. The first-order chi connectivity index (χ1) is 14.6. The first-order valence-electron chi connectivity index (χ1n) is 10.1. The number of anilines is 2. The summed E-state index contributed by atoms with van der Waals surface area (Å²) in [4.78, 5) is 26.7. The van der Waals surface area contributed by atoms with Crippen molar-refractivity contribution in [1.29, 1.82) is 0 Å². The lowest BCUT2D eigenvalue weighted by Gasteiger charge is -2.23. The average molecular weight is 406 g/mol. The van der Waals surface area contributed by atoms with E-state index in [4.69, 9.17) is 19.4 Å². The maximum atomic E-state index is 13.3. The average Bonchev–Trinajstić information content (AvgIpc) is 2.94. The summed E-state index contributed by atoms with van der Waals surface area (Å²) in [5.41, 5.74) is 2.57. The predicted octanol–water partition coefficient (Wildman–Crippen LogP) is 3.45. The second-order valence-corrected chi connectivity index (χ2v) is 7.33. The molecule has 1 aliphatic heterocycles. The van der Waals surface area contributed by atoms with E-state index in [2.05, 4.69) is 4.90 Å². The molecule has 2 aromatic carbocycles. The molecule has 0 radical (unpaired) electrons. The van der Waals surface area contributed by atoms with Crippen LogP contribution in [0.5, 0.6) is 11.5 Å². The van der Waals surface area contributed by atoms with Crippen LogP contribution in [-0.4, -0.2) is 50.2 Å². The van der Waals surface area contributed by atoms with Gasteiger partial charge in [-0.1, -0.05) is 24.3 Å². The zero-order valence-corrected chi connectivity index (χ0v) is 17.6. The van der Waals surface area contributed by atoms with Gasteiger partial charge >= 0.3 is 0 Å². The molecule has 2 heterocycles. The topological polar surface area (TPSA) is 67.8 Å². The first-order valence-corrected chi connectivity index (χ1v) is 10.1. The number of para-hydroxylation sites is 3. The van der Waals surface area contributed by atoms with Gasteiger partial charge in [0.1, 0.15) is 0 Å². The summed E-state index contributed by atoms with van der Waals surface area (Å²) in [6.07, 6.45) is 1.77. The van der Waals surface area contributed by atoms with Crippen molar-refractivity contribution in [3.8, 4) is 11.5 Å². The number of benzene rings is 2. The number of aromatic nitrogens is 2. The van der Waals surface area contributed by atoms with E-state index in [1.165, 1.54) is 0 Å². The molecule has 4 rings (SSSR count). The number of fused-ring (bicyclic) bond motifs is 2. The number of carbonyl (C=O) groups is 1. The lowest BCUT2D eigenvalue weighted by atomic mass is 10.1. The summed E-state index contributed by atoms with van der Waals surface area (Å²) < 4.78 is 10.9. The van der Waals surface area contributed by atoms with E-state index in [9.17, 15) is 4.79 Å². The van der Waals surface area contributed by atoms with Gasteiger partial charge in [0, 0.05) is 26.6 Å². The van der Waals surface area contributed by atoms with Gasteiger partial charge in [-0.25, -0.2) is 9.97 Å². The van der Waals surface area contributed by atoms with Gasteiger partial charge in [-0.05, 0) is 36.6 Å². The summed E-state index contributed by atoms with van der Waals surface area (Å²) in [6.45, 7) is 1.45. The Morgan fingerprint density at radius 1 is 0.967 bits per heavy atom. The molecular weight excluding hydrogens is 380 g/mol. The van der Waals surface area contributed by atoms with E-state index in [-0.39, 0.29) is 5.91 Å². The summed E-state index contributed by atoms with van der Waals surface area (Å²) in [5, 5.41) is 0. The maximum Gasteiger partial charge on any atom is 0.228 e. The Kier molecular flexibility index (Phi) is 5.70. The molecule has 0 N–H and O–H groups in total. The molecule has 0 fully saturated rings. The van der Waals surface area contributed by atoms with Crippen molar-refractivity contribution in [3.63, 3.8) is 0 Å². The van der Waals surface area contributed by atoms with Crippen LogP contribution in [0, 0.1) is 0 Å². The van der Waals surface area contributed by atoms with E-state index in [1.807, 2.05) is 49.5 Å². The minimum absolute atomic E-state index is 0.0287. The van der Waals surface area contributed by atoms with Crippen molar-refractivity contribution in [2.24, 2.45) is 0 Å². The van der Waals surface area contributed by atoms with Crippen LogP contribution in [0.25, 0.3) is 11.0 Å². The summed E-state index contributed by atoms with van der Waals surface area (Å²) in [6, 6.07) is 13.5. The Balaban J connectivity index is 1.62. The van der Waals surface area contributed by atoms with Crippen molar-refractivity contribution >= 4 is 28.6 Å². The zero-order valence-electron chi connectivity index (χ0n) is 17.6. The van der Waals surface area contributed by atoms with Gasteiger partial charge in [0.15, 0.2) is 23.1 Å². The number of hydrogen-bond donors (Lipinski definition) is 0. The largest absolute Gasteiger partial charge is 0.493 e. The molecule has 0 saturated heterocycles. The Bertz CT molecular complexity index is 1070. The van der Waals surface area contributed by atoms with E-state index >= 15 is 0 Å². The van der Waals surface area contributed by atoms with Crippen LogP contribution in [0.4, 0.5) is 11.6 Å². The summed E-state index contributed by atoms with van der Waals surface area (Å²) in [5.74, 6) is 2.76. The van der Waals surface area contributed by atoms with Gasteiger partial charge in [0.2, 0.25) is 5.91 Å². The lowest BCUT2D eigenvalue weighted by Crippen LogP contribution is -2.32. The Morgan fingerprint density at radius 2 is 1.70 bits per heavy atom. The fraction of sp³-hybridized carbons (Fsp3) is 0.348. The molecule has 0 spiro atoms. The lowest BCUT2D eigenvalue weighted by molar-refractivity contribution is -0.118. The molecular formula is C23H26N4O3. The van der Waals surface area contributed by atoms with Crippen molar-refractivity contribution in [2.45, 2.75) is 19.3 Å². The van der Waals surface area contributed by atoms with E-state index < -0.39 is 0 Å². The number of hydrogen-bond acceptors (Lipinski definition) is 6. The van der Waals surface area contributed by atoms with E-state index in [1.54, 1.807) is 19.1 Å². The molecule has 1 amide bonds. The molecule has 0 unspecified atom stereocenters. The van der Waals surface area contributed by atoms with Crippen molar-refractivity contribution < 1.29 is 14.3 Å². The Morgan fingerprint density at radius 3 is 2.40 bits per heavy atom. The maximum absolute atomic E-state index is 13.3. The van der Waals surface area contributed by atoms with Crippen LogP contribution in [-0.2, 0) is 11.2 Å². The number of methoxy groups -OCH3 is 2. The quantitative estimate of drug-likeness (QED) is 0.647. The Hall–Kier alpha value is -3.35. The van der Waals surface area contributed by atoms with E-state index in [0.717, 1.165) is 35.4 Å². The molecule has 0 bridgehead atoms. The second-order valence-electron chi connectivity index (χ2n) is 7.33. The van der Waals surface area contributed by atoms with Crippen LogP contribution < -0.4 is 19.3 Å². The molecule has 3 aromatic rings. The van der Waals surface area contributed by atoms with Crippen molar-refractivity contribution in [3.05, 3.63) is 48.0 Å². The standard InChI is InChI=1S/C23H26N4O3/c1-26-14-7-15-27(23-22(26)24-17-9-4-5-10-18(17)25-23)20(28)13-12-16-8-6-11-19(29-2)21(16)30-3/h4-6,8-11H,7,12-15H2,1-3H3. The third kappa shape index (κ3) is 3.75. The first kappa shape index (κ1) is 19.9. The van der Waals surface area contributed by atoms with Gasteiger partial charge < -0.3 is 14.4 Å². The van der Waals surface area contributed by atoms with E-state index in [0.29, 0.717) is 36.7 Å². The fourth-order valence-electron chi connectivity index (χ4n) is 3.87. The van der Waals surface area contributed by atoms with Crippen molar-refractivity contribution in [2.75, 3.05) is 44.2 Å². The molecule has 7 heteroatoms. The van der Waals surface area contributed by atoms with Crippen LogP contribution in [0.3, 0.4) is 0 Å². The molecule has 1 aromatic heterocycles. The van der Waals surface area contributed by atoms with Crippen molar-refractivity contribution in [1.82, 2.24) is 9.97 Å². The van der Waals surface area contributed by atoms with Crippen LogP contribution >= 0.6 is 0 Å². The number of rotatable bonds is 5. The third-order valence-electron chi connectivity index (χ3n) is 5.42. The van der Waals surface area contributed by atoms with Gasteiger partial charge in [-0.3, -0.25) is 9.69 Å². The van der Waals surface area contributed by atoms with Gasteiger partial charge in [0.25, 0.3) is 0 Å². The molecule has 0 aliphatic carbocycles. The van der Waals surface area contributed by atoms with Crippen LogP contribution in [0.1, 0.15) is 18.4 Å². The van der Waals surface area contributed by atoms with Gasteiger partial charge in [-0.2, -0.15) is 0 Å². The van der Waals surface area contributed by atoms with Gasteiger partial charge in [-0.15, -0.1) is 0 Å². The van der Waals surface area contributed by atoms with Gasteiger partial charge in [0.05, 0.1) is 25.3 Å². The summed E-state index contributed by atoms with van der Waals surface area (Å²) >= 11 is 0. The highest BCUT2D eigenvalue weighted by Crippen LogP contribution is 2.33. The number of nitrogens with zero attached hydrogens (tertiary/aromatic N) is 4. The highest BCUT2D eigenvalue weighted by Gasteiger charge is 2.26. The highest BCUT2D eigenvalue weighted by molar-refractivity contribution is 5.97. The minimum Gasteiger partial charge on any atom is -0.493 e. The SMILES string of the molecule is COc1cccc(CCC(=O)N2CCCN(C)c3nc4ccccc4nc32)c1OC. The van der Waals surface area contributed by atoms with Crippen LogP contribution in [0.15, 0.2) is 42.5 Å². The number of carbonyl (C=O) groups excluding carboxylic acids is 1. The monoisotopic (exact) mass is 406 g/mol. The fourth-order valence-corrected chi connectivity index (χ4v) is 3.87. The highest BCUT2D eigenvalue weighted by atomic mass is 16.5. The number of amides is 1. The molecule has 30 heavy (non-hydrogen) atoms. The predicted molar refractivity (Wildman–Crippen MR) is 118 cm³/mol. The van der Waals surface area contributed by atoms with Crippen LogP contribution in [0.2, 0.25) is 0 Å². The summed E-state index contributed by atoms with van der Waals surface area (Å²) in [7, 11) is 5.22. The Labute approximate surface area is 176 Å². The molecule has 0 atom stereocenters. The third-order valence-corrected chi connectivity index (χ3v) is 5.42.